The number of hydrogen-bond acceptors (Lipinski definition) is 5. The second kappa shape index (κ2) is 6.23. The van der Waals surface area contributed by atoms with Crippen LogP contribution >= 0.6 is 11.6 Å². The zero-order chi connectivity index (χ0) is 15.4. The lowest BCUT2D eigenvalue weighted by Gasteiger charge is -2.12. The molecule has 6 nitrogen and oxygen atoms in total. The summed E-state index contributed by atoms with van der Waals surface area (Å²) in [5, 5.41) is 24.7. The molecule has 7 heteroatoms. The van der Waals surface area contributed by atoms with Crippen molar-refractivity contribution in [2.24, 2.45) is 0 Å². The van der Waals surface area contributed by atoms with Crippen LogP contribution in [-0.2, 0) is 6.54 Å². The molecule has 0 aliphatic heterocycles. The van der Waals surface area contributed by atoms with Crippen molar-refractivity contribution in [2.75, 3.05) is 5.32 Å². The summed E-state index contributed by atoms with van der Waals surface area (Å²) < 4.78 is 0. The number of aromatic carboxylic acids is 1. The fraction of sp³-hybridized carbons (Fsp3) is 0.0714. The number of carbonyl (C=O) groups is 1. The Balaban J connectivity index is 2.19. The highest BCUT2D eigenvalue weighted by Crippen LogP contribution is 2.25. The molecule has 0 saturated heterocycles. The number of para-hydroxylation sites is 1. The van der Waals surface area contributed by atoms with Crippen LogP contribution in [0.4, 0.5) is 11.4 Å². The Morgan fingerprint density at radius 3 is 2.62 bits per heavy atom. The average molecular weight is 306 g/mol. The van der Waals surface area contributed by atoms with Gasteiger partial charge in [0.15, 0.2) is 0 Å². The molecular weight excluding hydrogens is 296 g/mol. The van der Waals surface area contributed by atoms with Gasteiger partial charge in [-0.3, -0.25) is 10.1 Å². The third-order valence-corrected chi connectivity index (χ3v) is 3.16. The fourth-order valence-electron chi connectivity index (χ4n) is 1.82. The van der Waals surface area contributed by atoms with Crippen LogP contribution in [0.2, 0.25) is 5.02 Å². The molecule has 2 aromatic carbocycles. The molecule has 1 N–H and O–H groups in total. The van der Waals surface area contributed by atoms with E-state index in [4.69, 9.17) is 11.6 Å². The zero-order valence-corrected chi connectivity index (χ0v) is 11.5. The Hall–Kier alpha value is -2.60. The van der Waals surface area contributed by atoms with E-state index in [1.165, 1.54) is 18.2 Å². The zero-order valence-electron chi connectivity index (χ0n) is 10.7. The summed E-state index contributed by atoms with van der Waals surface area (Å²) >= 11 is 5.73. The fourth-order valence-corrected chi connectivity index (χ4v) is 2.01. The SMILES string of the molecule is O=C([O-])c1ccccc1NCc1ccc(Cl)c([N+](=O)[O-])c1. The van der Waals surface area contributed by atoms with Crippen molar-refractivity contribution in [3.63, 3.8) is 0 Å². The second-order valence-corrected chi connectivity index (χ2v) is 4.64. The van der Waals surface area contributed by atoms with Crippen molar-refractivity contribution in [2.45, 2.75) is 6.54 Å². The summed E-state index contributed by atoms with van der Waals surface area (Å²) in [4.78, 5) is 21.2. The van der Waals surface area contributed by atoms with E-state index >= 15 is 0 Å². The van der Waals surface area contributed by atoms with Gasteiger partial charge in [-0.15, -0.1) is 0 Å². The summed E-state index contributed by atoms with van der Waals surface area (Å²) in [6.07, 6.45) is 0. The number of hydrogen-bond donors (Lipinski definition) is 1. The minimum atomic E-state index is -1.29. The molecule has 0 spiro atoms. The first-order chi connectivity index (χ1) is 9.99. The molecule has 0 aliphatic rings. The molecule has 0 heterocycles. The summed E-state index contributed by atoms with van der Waals surface area (Å²) in [5.74, 6) is -1.29. The smallest absolute Gasteiger partial charge is 0.288 e. The van der Waals surface area contributed by atoms with Crippen molar-refractivity contribution in [1.29, 1.82) is 0 Å². The maximum absolute atomic E-state index is 11.0. The van der Waals surface area contributed by atoms with Gasteiger partial charge in [0, 0.05) is 23.9 Å². The number of nitrogens with zero attached hydrogens (tertiary/aromatic N) is 1. The molecule has 0 atom stereocenters. The molecule has 0 amide bonds. The van der Waals surface area contributed by atoms with E-state index in [1.54, 1.807) is 24.3 Å². The van der Waals surface area contributed by atoms with Gasteiger partial charge in [0.2, 0.25) is 0 Å². The van der Waals surface area contributed by atoms with Gasteiger partial charge in [-0.2, -0.15) is 0 Å². The monoisotopic (exact) mass is 305 g/mol. The van der Waals surface area contributed by atoms with Crippen LogP contribution in [0.1, 0.15) is 15.9 Å². The molecule has 21 heavy (non-hydrogen) atoms. The lowest BCUT2D eigenvalue weighted by molar-refractivity contribution is -0.384. The van der Waals surface area contributed by atoms with Crippen molar-refractivity contribution in [1.82, 2.24) is 0 Å². The van der Waals surface area contributed by atoms with E-state index in [2.05, 4.69) is 5.32 Å². The summed E-state index contributed by atoms with van der Waals surface area (Å²) in [5.41, 5.74) is 0.833. The van der Waals surface area contributed by atoms with Crippen molar-refractivity contribution < 1.29 is 14.8 Å². The number of benzene rings is 2. The minimum absolute atomic E-state index is 0.0287. The van der Waals surface area contributed by atoms with Crippen LogP contribution in [0.25, 0.3) is 0 Å². The molecule has 0 aliphatic carbocycles. The number of carboxylic acid groups (broad SMARTS) is 1. The highest BCUT2D eigenvalue weighted by Gasteiger charge is 2.12. The summed E-state index contributed by atoms with van der Waals surface area (Å²) in [6.45, 7) is 0.225. The molecule has 108 valence electrons. The van der Waals surface area contributed by atoms with Crippen LogP contribution in [-0.4, -0.2) is 10.9 Å². The van der Waals surface area contributed by atoms with E-state index in [0.717, 1.165) is 0 Å². The average Bonchev–Trinajstić information content (AvgIpc) is 2.46. The van der Waals surface area contributed by atoms with E-state index in [9.17, 15) is 20.0 Å². The highest BCUT2D eigenvalue weighted by molar-refractivity contribution is 6.32. The van der Waals surface area contributed by atoms with Crippen molar-refractivity contribution in [3.05, 3.63) is 68.7 Å². The van der Waals surface area contributed by atoms with Crippen LogP contribution < -0.4 is 10.4 Å². The molecule has 0 unspecified atom stereocenters. The number of nitro benzene ring substituents is 1. The molecule has 0 aromatic heterocycles. The molecule has 0 fully saturated rings. The Labute approximate surface area is 125 Å². The number of nitrogens with one attached hydrogen (secondary N) is 1. The molecule has 2 aromatic rings. The largest absolute Gasteiger partial charge is 0.545 e. The van der Waals surface area contributed by atoms with Crippen molar-refractivity contribution in [3.8, 4) is 0 Å². The van der Waals surface area contributed by atoms with Gasteiger partial charge in [-0.05, 0) is 17.7 Å². The maximum atomic E-state index is 11.0. The quantitative estimate of drug-likeness (QED) is 0.675. The second-order valence-electron chi connectivity index (χ2n) is 4.23. The van der Waals surface area contributed by atoms with Crippen LogP contribution in [0.5, 0.6) is 0 Å². The lowest BCUT2D eigenvalue weighted by Crippen LogP contribution is -2.23. The molecule has 2 rings (SSSR count). The van der Waals surface area contributed by atoms with E-state index in [1.807, 2.05) is 0 Å². The van der Waals surface area contributed by atoms with Crippen LogP contribution in [0.3, 0.4) is 0 Å². The molecule has 0 radical (unpaired) electrons. The minimum Gasteiger partial charge on any atom is -0.545 e. The van der Waals surface area contributed by atoms with Crippen molar-refractivity contribution >= 4 is 28.9 Å². The number of nitro groups is 1. The van der Waals surface area contributed by atoms with Gasteiger partial charge < -0.3 is 15.2 Å². The third-order valence-electron chi connectivity index (χ3n) is 2.84. The highest BCUT2D eigenvalue weighted by atomic mass is 35.5. The Morgan fingerprint density at radius 1 is 1.24 bits per heavy atom. The first-order valence-corrected chi connectivity index (χ1v) is 6.34. The predicted molar refractivity (Wildman–Crippen MR) is 76.2 cm³/mol. The van der Waals surface area contributed by atoms with Gasteiger partial charge in [0.1, 0.15) is 5.02 Å². The van der Waals surface area contributed by atoms with E-state index in [0.29, 0.717) is 11.3 Å². The summed E-state index contributed by atoms with van der Waals surface area (Å²) in [7, 11) is 0. The van der Waals surface area contributed by atoms with Gasteiger partial charge in [0.05, 0.1) is 10.9 Å². The van der Waals surface area contributed by atoms with E-state index < -0.39 is 10.9 Å². The maximum Gasteiger partial charge on any atom is 0.288 e. The number of rotatable bonds is 5. The topological polar surface area (TPSA) is 95.3 Å². The van der Waals surface area contributed by atoms with Gasteiger partial charge in [-0.1, -0.05) is 35.9 Å². The predicted octanol–water partition coefficient (Wildman–Crippen LogP) is 2.22. The number of halogens is 1. The Kier molecular flexibility index (Phi) is 4.39. The van der Waals surface area contributed by atoms with Gasteiger partial charge in [-0.25, -0.2) is 0 Å². The van der Waals surface area contributed by atoms with Crippen LogP contribution in [0.15, 0.2) is 42.5 Å². The molecular formula is C14H10ClN2O4-. The summed E-state index contributed by atoms with van der Waals surface area (Å²) in [6, 6.07) is 10.7. The molecule has 0 saturated carbocycles. The van der Waals surface area contributed by atoms with Crippen LogP contribution in [0, 0.1) is 10.1 Å². The van der Waals surface area contributed by atoms with Gasteiger partial charge in [0.25, 0.3) is 5.69 Å². The third kappa shape index (κ3) is 3.49. The van der Waals surface area contributed by atoms with E-state index in [-0.39, 0.29) is 22.8 Å². The number of carboxylic acids is 1. The first-order valence-electron chi connectivity index (χ1n) is 5.96. The first kappa shape index (κ1) is 14.8. The molecule has 0 bridgehead atoms. The number of carbonyl (C=O) groups excluding carboxylic acids is 1. The van der Waals surface area contributed by atoms with Gasteiger partial charge >= 0.3 is 0 Å². The standard InChI is InChI=1S/C14H11ClN2O4/c15-11-6-5-9(7-13(11)17(20)21)8-16-12-4-2-1-3-10(12)14(18)19/h1-7,16H,8H2,(H,18,19)/p-1. The Bertz CT molecular complexity index is 703. The normalized spacial score (nSPS) is 10.1. The Morgan fingerprint density at radius 2 is 1.95 bits per heavy atom. The lowest BCUT2D eigenvalue weighted by atomic mass is 10.1. The number of anilines is 1.